The molecule has 5 nitrogen and oxygen atoms in total. The molecule has 0 amide bonds. The van der Waals surface area contributed by atoms with Crippen molar-refractivity contribution in [2.45, 2.75) is 31.3 Å². The molecular formula is C23H22O5S. The van der Waals surface area contributed by atoms with Crippen molar-refractivity contribution in [2.75, 3.05) is 0 Å². The minimum Gasteiger partial charge on any atom is -0.460 e. The van der Waals surface area contributed by atoms with Crippen molar-refractivity contribution in [1.82, 2.24) is 0 Å². The molecule has 29 heavy (non-hydrogen) atoms. The van der Waals surface area contributed by atoms with E-state index in [9.17, 15) is 13.2 Å². The van der Waals surface area contributed by atoms with Gasteiger partial charge in [0.15, 0.2) is 0 Å². The van der Waals surface area contributed by atoms with E-state index in [-0.39, 0.29) is 17.3 Å². The van der Waals surface area contributed by atoms with Crippen LogP contribution < -0.4 is 4.18 Å². The van der Waals surface area contributed by atoms with Gasteiger partial charge in [-0.05, 0) is 37.6 Å². The average molecular weight is 410 g/mol. The SMILES string of the molecule is Cc1ccc(S(=O)(=O)Oc2ccccc2C(C)C(=O)OCc2ccccc2)cc1. The highest BCUT2D eigenvalue weighted by Crippen LogP contribution is 2.30. The Bertz CT molecular complexity index is 1070. The maximum absolute atomic E-state index is 12.6. The lowest BCUT2D eigenvalue weighted by Gasteiger charge is -2.16. The lowest BCUT2D eigenvalue weighted by atomic mass is 10.0. The first-order chi connectivity index (χ1) is 13.9. The molecule has 150 valence electrons. The van der Waals surface area contributed by atoms with Crippen molar-refractivity contribution in [3.63, 3.8) is 0 Å². The molecule has 0 saturated carbocycles. The Morgan fingerprint density at radius 1 is 0.897 bits per heavy atom. The minimum atomic E-state index is -4.02. The second kappa shape index (κ2) is 8.92. The van der Waals surface area contributed by atoms with Gasteiger partial charge < -0.3 is 8.92 Å². The Morgan fingerprint density at radius 2 is 1.52 bits per heavy atom. The first kappa shape index (κ1) is 20.6. The quantitative estimate of drug-likeness (QED) is 0.420. The van der Waals surface area contributed by atoms with E-state index in [2.05, 4.69) is 0 Å². The van der Waals surface area contributed by atoms with E-state index in [1.165, 1.54) is 18.2 Å². The number of rotatable bonds is 7. The predicted octanol–water partition coefficient (Wildman–Crippen LogP) is 4.61. The normalized spacial score (nSPS) is 12.2. The van der Waals surface area contributed by atoms with Gasteiger partial charge in [-0.25, -0.2) is 0 Å². The van der Waals surface area contributed by atoms with Gasteiger partial charge in [-0.1, -0.05) is 66.2 Å². The fraction of sp³-hybridized carbons (Fsp3) is 0.174. The van der Waals surface area contributed by atoms with Gasteiger partial charge in [0.05, 0.1) is 5.92 Å². The lowest BCUT2D eigenvalue weighted by molar-refractivity contribution is -0.146. The molecule has 3 aromatic rings. The van der Waals surface area contributed by atoms with Gasteiger partial charge >= 0.3 is 16.1 Å². The number of ether oxygens (including phenoxy) is 1. The first-order valence-corrected chi connectivity index (χ1v) is 10.6. The highest BCUT2D eigenvalue weighted by atomic mass is 32.2. The van der Waals surface area contributed by atoms with Gasteiger partial charge in [0.25, 0.3) is 0 Å². The lowest BCUT2D eigenvalue weighted by Crippen LogP contribution is -2.16. The predicted molar refractivity (Wildman–Crippen MR) is 110 cm³/mol. The van der Waals surface area contributed by atoms with E-state index >= 15 is 0 Å². The third-order valence-electron chi connectivity index (χ3n) is 4.47. The Hall–Kier alpha value is -3.12. The van der Waals surface area contributed by atoms with Crippen LogP contribution in [0.25, 0.3) is 0 Å². The average Bonchev–Trinajstić information content (AvgIpc) is 2.72. The van der Waals surface area contributed by atoms with Crippen LogP contribution in [0.2, 0.25) is 0 Å². The molecule has 0 radical (unpaired) electrons. The fourth-order valence-corrected chi connectivity index (χ4v) is 3.72. The smallest absolute Gasteiger partial charge is 0.339 e. The van der Waals surface area contributed by atoms with E-state index in [0.29, 0.717) is 5.56 Å². The van der Waals surface area contributed by atoms with Crippen molar-refractivity contribution in [2.24, 2.45) is 0 Å². The van der Waals surface area contributed by atoms with Crippen molar-refractivity contribution in [1.29, 1.82) is 0 Å². The summed E-state index contributed by atoms with van der Waals surface area (Å²) in [6, 6.07) is 22.3. The number of hydrogen-bond donors (Lipinski definition) is 0. The minimum absolute atomic E-state index is 0.0530. The van der Waals surface area contributed by atoms with Crippen molar-refractivity contribution in [3.8, 4) is 5.75 Å². The topological polar surface area (TPSA) is 69.7 Å². The van der Waals surface area contributed by atoms with E-state index in [1.807, 2.05) is 37.3 Å². The van der Waals surface area contributed by atoms with E-state index in [4.69, 9.17) is 8.92 Å². The maximum Gasteiger partial charge on any atom is 0.339 e. The Balaban J connectivity index is 1.77. The molecule has 0 bridgehead atoms. The van der Waals surface area contributed by atoms with Crippen molar-refractivity contribution < 1.29 is 22.1 Å². The summed E-state index contributed by atoms with van der Waals surface area (Å²) in [6.07, 6.45) is 0. The molecule has 0 aliphatic heterocycles. The number of aryl methyl sites for hydroxylation is 1. The monoisotopic (exact) mass is 410 g/mol. The van der Waals surface area contributed by atoms with Crippen molar-refractivity contribution in [3.05, 3.63) is 95.6 Å². The van der Waals surface area contributed by atoms with Gasteiger partial charge in [-0.3, -0.25) is 4.79 Å². The van der Waals surface area contributed by atoms with Gasteiger partial charge in [0.1, 0.15) is 17.3 Å². The van der Waals surface area contributed by atoms with Crippen LogP contribution in [-0.4, -0.2) is 14.4 Å². The number of hydrogen-bond acceptors (Lipinski definition) is 5. The summed E-state index contributed by atoms with van der Waals surface area (Å²) < 4.78 is 36.0. The van der Waals surface area contributed by atoms with Crippen LogP contribution in [0, 0.1) is 6.92 Å². The van der Waals surface area contributed by atoms with E-state index < -0.39 is 22.0 Å². The summed E-state index contributed by atoms with van der Waals surface area (Å²) in [5.74, 6) is -1.04. The summed E-state index contributed by atoms with van der Waals surface area (Å²) in [5, 5.41) is 0. The zero-order valence-electron chi connectivity index (χ0n) is 16.2. The number of para-hydroxylation sites is 1. The zero-order chi connectivity index (χ0) is 20.9. The Kier molecular flexibility index (Phi) is 6.34. The van der Waals surface area contributed by atoms with Gasteiger partial charge in [-0.15, -0.1) is 0 Å². The van der Waals surface area contributed by atoms with E-state index in [0.717, 1.165) is 11.1 Å². The molecule has 0 aromatic heterocycles. The van der Waals surface area contributed by atoms with Crippen LogP contribution in [-0.2, 0) is 26.3 Å². The molecule has 0 aliphatic rings. The molecule has 6 heteroatoms. The van der Waals surface area contributed by atoms with Crippen LogP contribution in [0.15, 0.2) is 83.8 Å². The molecule has 3 rings (SSSR count). The maximum atomic E-state index is 12.6. The molecule has 1 atom stereocenters. The highest BCUT2D eigenvalue weighted by Gasteiger charge is 2.24. The largest absolute Gasteiger partial charge is 0.460 e. The molecule has 1 unspecified atom stereocenters. The van der Waals surface area contributed by atoms with Gasteiger partial charge in [0, 0.05) is 5.56 Å². The Morgan fingerprint density at radius 3 is 2.21 bits per heavy atom. The molecule has 0 N–H and O–H groups in total. The third-order valence-corrected chi connectivity index (χ3v) is 5.72. The molecule has 0 aliphatic carbocycles. The zero-order valence-corrected chi connectivity index (χ0v) is 17.1. The summed E-state index contributed by atoms with van der Waals surface area (Å²) in [6.45, 7) is 3.68. The summed E-state index contributed by atoms with van der Waals surface area (Å²) in [4.78, 5) is 12.6. The first-order valence-electron chi connectivity index (χ1n) is 9.17. The van der Waals surface area contributed by atoms with Crippen LogP contribution in [0.3, 0.4) is 0 Å². The number of carbonyl (C=O) groups excluding carboxylic acids is 1. The number of benzene rings is 3. The summed E-state index contributed by atoms with van der Waals surface area (Å²) >= 11 is 0. The van der Waals surface area contributed by atoms with Crippen LogP contribution in [0.4, 0.5) is 0 Å². The van der Waals surface area contributed by atoms with Crippen LogP contribution in [0.5, 0.6) is 5.75 Å². The molecule has 0 fully saturated rings. The number of carbonyl (C=O) groups is 1. The number of esters is 1. The van der Waals surface area contributed by atoms with E-state index in [1.54, 1.807) is 37.3 Å². The third kappa shape index (κ3) is 5.23. The molecule has 0 heterocycles. The van der Waals surface area contributed by atoms with Crippen molar-refractivity contribution >= 4 is 16.1 Å². The second-order valence-electron chi connectivity index (χ2n) is 6.70. The molecule has 3 aromatic carbocycles. The highest BCUT2D eigenvalue weighted by molar-refractivity contribution is 7.87. The summed E-state index contributed by atoms with van der Waals surface area (Å²) in [7, 11) is -4.02. The second-order valence-corrected chi connectivity index (χ2v) is 8.25. The fourth-order valence-electron chi connectivity index (χ4n) is 2.77. The summed E-state index contributed by atoms with van der Waals surface area (Å²) in [5.41, 5.74) is 2.26. The Labute approximate surface area is 171 Å². The molecule has 0 saturated heterocycles. The molecule has 0 spiro atoms. The standard InChI is InChI=1S/C23H22O5S/c1-17-12-14-20(15-13-17)29(25,26)28-22-11-7-6-10-21(22)18(2)23(24)27-16-19-8-4-3-5-9-19/h3-15,18H,16H2,1-2H3. The van der Waals surface area contributed by atoms with Crippen LogP contribution in [0.1, 0.15) is 29.5 Å². The van der Waals surface area contributed by atoms with Crippen LogP contribution >= 0.6 is 0 Å². The van der Waals surface area contributed by atoms with Gasteiger partial charge in [0.2, 0.25) is 0 Å². The molecular weight excluding hydrogens is 388 g/mol. The van der Waals surface area contributed by atoms with Gasteiger partial charge in [-0.2, -0.15) is 8.42 Å².